The van der Waals surface area contributed by atoms with Gasteiger partial charge in [0.1, 0.15) is 11.6 Å². The molecule has 1 heterocycles. The average Bonchev–Trinajstić information content (AvgIpc) is 2.72. The Balaban J connectivity index is 1.89. The summed E-state index contributed by atoms with van der Waals surface area (Å²) in [6.07, 6.45) is 1.42. The van der Waals surface area contributed by atoms with Gasteiger partial charge in [-0.2, -0.15) is 0 Å². The Morgan fingerprint density at radius 3 is 2.69 bits per heavy atom. The Hall–Kier alpha value is -3.68. The normalized spacial score (nSPS) is 12.7. The third-order valence-corrected chi connectivity index (χ3v) is 4.67. The van der Waals surface area contributed by atoms with Crippen LogP contribution >= 0.6 is 0 Å². The highest BCUT2D eigenvalue weighted by atomic mass is 19.1. The highest BCUT2D eigenvalue weighted by Crippen LogP contribution is 2.28. The minimum absolute atomic E-state index is 0.0000864. The molecule has 0 saturated carbocycles. The van der Waals surface area contributed by atoms with Gasteiger partial charge in [-0.1, -0.05) is 6.58 Å². The number of hydrogen-bond acceptors (Lipinski definition) is 5. The molecule has 8 heteroatoms. The highest BCUT2D eigenvalue weighted by Gasteiger charge is 2.27. The molecule has 0 radical (unpaired) electrons. The molecule has 2 aromatic rings. The highest BCUT2D eigenvalue weighted by molar-refractivity contribution is 6.02. The van der Waals surface area contributed by atoms with Crippen molar-refractivity contribution in [3.05, 3.63) is 71.1 Å². The van der Waals surface area contributed by atoms with Gasteiger partial charge in [0.15, 0.2) is 0 Å². The number of esters is 1. The summed E-state index contributed by atoms with van der Waals surface area (Å²) >= 11 is 0. The van der Waals surface area contributed by atoms with Crippen molar-refractivity contribution in [2.75, 3.05) is 19.0 Å². The second-order valence-electron chi connectivity index (χ2n) is 6.48. The Morgan fingerprint density at radius 1 is 1.24 bits per heavy atom. The second kappa shape index (κ2) is 8.14. The molecule has 0 fully saturated rings. The van der Waals surface area contributed by atoms with E-state index in [0.29, 0.717) is 23.2 Å². The van der Waals surface area contributed by atoms with Gasteiger partial charge in [-0.25, -0.2) is 9.18 Å². The van der Waals surface area contributed by atoms with Crippen molar-refractivity contribution in [3.8, 4) is 5.75 Å². The lowest BCUT2D eigenvalue weighted by molar-refractivity contribution is -0.111. The molecule has 1 aliphatic heterocycles. The molecule has 0 unspecified atom stereocenters. The topological polar surface area (TPSA) is 95.9 Å². The first-order valence-electron chi connectivity index (χ1n) is 8.79. The van der Waals surface area contributed by atoms with Crippen molar-refractivity contribution >= 4 is 23.5 Å². The van der Waals surface area contributed by atoms with Crippen molar-refractivity contribution in [3.63, 3.8) is 0 Å². The predicted octanol–water partition coefficient (Wildman–Crippen LogP) is 2.64. The zero-order chi connectivity index (χ0) is 21.1. The van der Waals surface area contributed by atoms with Crippen LogP contribution in [0.15, 0.2) is 43.0 Å². The first-order valence-corrected chi connectivity index (χ1v) is 8.79. The van der Waals surface area contributed by atoms with Crippen LogP contribution in [0.3, 0.4) is 0 Å². The standard InChI is InChI=1S/C21H19FN2O5/c1-3-19(26)23-14-4-5-18(25)17(10-14)20(27)24-7-6-15-12(11-24)8-13(22)9-16(15)21(28)29-2/h3-5,8-10,25H,1,6-7,11H2,2H3,(H,23,26). The molecule has 7 nitrogen and oxygen atoms in total. The number of carbonyl (C=O) groups excluding carboxylic acids is 3. The number of ether oxygens (including phenoxy) is 1. The zero-order valence-electron chi connectivity index (χ0n) is 15.7. The molecule has 2 aromatic carbocycles. The molecule has 0 saturated heterocycles. The maximum Gasteiger partial charge on any atom is 0.338 e. The number of phenolic OH excluding ortho intramolecular Hbond substituents is 1. The van der Waals surface area contributed by atoms with Crippen LogP contribution in [0.2, 0.25) is 0 Å². The van der Waals surface area contributed by atoms with Crippen LogP contribution < -0.4 is 5.32 Å². The van der Waals surface area contributed by atoms with Gasteiger partial charge in [0.25, 0.3) is 5.91 Å². The number of phenols is 1. The van der Waals surface area contributed by atoms with Crippen molar-refractivity contribution in [1.29, 1.82) is 0 Å². The van der Waals surface area contributed by atoms with Crippen LogP contribution in [0, 0.1) is 5.82 Å². The van der Waals surface area contributed by atoms with Crippen LogP contribution in [0.5, 0.6) is 5.75 Å². The Bertz CT molecular complexity index is 1020. The van der Waals surface area contributed by atoms with Gasteiger partial charge in [0, 0.05) is 18.8 Å². The summed E-state index contributed by atoms with van der Waals surface area (Å²) in [5.41, 5.74) is 1.61. The van der Waals surface area contributed by atoms with Crippen molar-refractivity contribution in [2.45, 2.75) is 13.0 Å². The predicted molar refractivity (Wildman–Crippen MR) is 103 cm³/mol. The summed E-state index contributed by atoms with van der Waals surface area (Å²) in [6, 6.07) is 6.53. The number of rotatable bonds is 4. The van der Waals surface area contributed by atoms with Crippen molar-refractivity contribution in [1.82, 2.24) is 4.90 Å². The van der Waals surface area contributed by atoms with E-state index >= 15 is 0 Å². The van der Waals surface area contributed by atoms with Crippen molar-refractivity contribution in [2.24, 2.45) is 0 Å². The van der Waals surface area contributed by atoms with Gasteiger partial charge >= 0.3 is 5.97 Å². The molecule has 2 N–H and O–H groups in total. The third-order valence-electron chi connectivity index (χ3n) is 4.67. The Labute approximate surface area is 166 Å². The van der Waals surface area contributed by atoms with E-state index in [9.17, 15) is 23.9 Å². The molecule has 2 amide bonds. The van der Waals surface area contributed by atoms with E-state index in [1.807, 2.05) is 0 Å². The Morgan fingerprint density at radius 2 is 2.00 bits per heavy atom. The minimum Gasteiger partial charge on any atom is -0.507 e. The van der Waals surface area contributed by atoms with E-state index in [2.05, 4.69) is 11.9 Å². The summed E-state index contributed by atoms with van der Waals surface area (Å²) in [5.74, 6) is -2.41. The van der Waals surface area contributed by atoms with E-state index in [1.54, 1.807) is 0 Å². The molecule has 0 bridgehead atoms. The molecular formula is C21H19FN2O5. The first kappa shape index (κ1) is 20.1. The zero-order valence-corrected chi connectivity index (χ0v) is 15.7. The van der Waals surface area contributed by atoms with E-state index in [1.165, 1.54) is 36.3 Å². The van der Waals surface area contributed by atoms with Crippen LogP contribution in [-0.2, 0) is 22.5 Å². The summed E-state index contributed by atoms with van der Waals surface area (Å²) in [6.45, 7) is 3.70. The first-order chi connectivity index (χ1) is 13.8. The quantitative estimate of drug-likeness (QED) is 0.469. The molecule has 0 spiro atoms. The molecule has 0 aromatic heterocycles. The van der Waals surface area contributed by atoms with Crippen LogP contribution in [0.1, 0.15) is 31.8 Å². The lowest BCUT2D eigenvalue weighted by Crippen LogP contribution is -2.36. The fraction of sp³-hybridized carbons (Fsp3) is 0.190. The number of fused-ring (bicyclic) bond motifs is 1. The van der Waals surface area contributed by atoms with Gasteiger partial charge < -0.3 is 20.1 Å². The summed E-state index contributed by atoms with van der Waals surface area (Å²) in [7, 11) is 1.22. The number of methoxy groups -OCH3 is 1. The molecule has 150 valence electrons. The fourth-order valence-electron chi connectivity index (χ4n) is 3.28. The maximum atomic E-state index is 14.0. The van der Waals surface area contributed by atoms with E-state index < -0.39 is 23.6 Å². The lowest BCUT2D eigenvalue weighted by Gasteiger charge is -2.30. The van der Waals surface area contributed by atoms with E-state index in [0.717, 1.165) is 12.1 Å². The Kier molecular flexibility index (Phi) is 5.63. The molecule has 0 atom stereocenters. The number of aromatic hydroxyl groups is 1. The number of nitrogens with zero attached hydrogens (tertiary/aromatic N) is 1. The van der Waals surface area contributed by atoms with Gasteiger partial charge in [0.05, 0.1) is 18.2 Å². The molecule has 29 heavy (non-hydrogen) atoms. The SMILES string of the molecule is C=CC(=O)Nc1ccc(O)c(C(=O)N2CCc3c(cc(F)cc3C(=O)OC)C2)c1. The minimum atomic E-state index is -0.635. The number of nitrogens with one attached hydrogen (secondary N) is 1. The summed E-state index contributed by atoms with van der Waals surface area (Å²) in [4.78, 5) is 37.8. The van der Waals surface area contributed by atoms with Crippen LogP contribution in [0.4, 0.5) is 10.1 Å². The van der Waals surface area contributed by atoms with Gasteiger partial charge in [-0.15, -0.1) is 0 Å². The van der Waals surface area contributed by atoms with Gasteiger partial charge in [0.2, 0.25) is 5.91 Å². The number of anilines is 1. The molecular weight excluding hydrogens is 379 g/mol. The van der Waals surface area contributed by atoms with E-state index in [-0.39, 0.29) is 30.0 Å². The lowest BCUT2D eigenvalue weighted by atomic mass is 9.93. The van der Waals surface area contributed by atoms with Crippen LogP contribution in [0.25, 0.3) is 0 Å². The number of hydrogen-bond donors (Lipinski definition) is 2. The monoisotopic (exact) mass is 398 g/mol. The molecule has 0 aliphatic carbocycles. The average molecular weight is 398 g/mol. The number of amides is 2. The number of halogens is 1. The van der Waals surface area contributed by atoms with Gasteiger partial charge in [-0.3, -0.25) is 9.59 Å². The van der Waals surface area contributed by atoms with Crippen molar-refractivity contribution < 1.29 is 28.6 Å². The summed E-state index contributed by atoms with van der Waals surface area (Å²) in [5, 5.41) is 12.6. The van der Waals surface area contributed by atoms with Crippen LogP contribution in [-0.4, -0.2) is 41.4 Å². The number of benzene rings is 2. The van der Waals surface area contributed by atoms with E-state index in [4.69, 9.17) is 4.74 Å². The third kappa shape index (κ3) is 4.11. The largest absolute Gasteiger partial charge is 0.507 e. The van der Waals surface area contributed by atoms with Gasteiger partial charge in [-0.05, 0) is 54.0 Å². The second-order valence-corrected chi connectivity index (χ2v) is 6.48. The fourth-order valence-corrected chi connectivity index (χ4v) is 3.28. The summed E-state index contributed by atoms with van der Waals surface area (Å²) < 4.78 is 18.7. The molecule has 3 rings (SSSR count). The smallest absolute Gasteiger partial charge is 0.338 e. The molecule has 1 aliphatic rings. The number of carbonyl (C=O) groups is 3. The maximum absolute atomic E-state index is 14.0.